The van der Waals surface area contributed by atoms with Crippen LogP contribution in [0.25, 0.3) is 10.6 Å². The molecule has 24 heavy (non-hydrogen) atoms. The highest BCUT2D eigenvalue weighted by atomic mass is 32.1. The standard InChI is InChI=1S/C18H25N3O2S/c1-4-21(5-2)12-11-19-17(22)16-13-24-18(20-16)14-7-9-15(10-8-14)23-6-3/h7-10,13H,4-6,11-12H2,1-3H3,(H,19,22). The van der Waals surface area contributed by atoms with E-state index in [4.69, 9.17) is 4.74 Å². The molecule has 5 nitrogen and oxygen atoms in total. The summed E-state index contributed by atoms with van der Waals surface area (Å²) >= 11 is 1.48. The minimum atomic E-state index is -0.115. The number of carbonyl (C=O) groups is 1. The van der Waals surface area contributed by atoms with Crippen molar-refractivity contribution in [1.82, 2.24) is 15.2 Å². The Balaban J connectivity index is 1.93. The van der Waals surface area contributed by atoms with Gasteiger partial charge in [-0.15, -0.1) is 11.3 Å². The molecule has 0 spiro atoms. The number of hydrogen-bond acceptors (Lipinski definition) is 5. The Hall–Kier alpha value is -1.92. The number of benzene rings is 1. The normalized spacial score (nSPS) is 10.8. The van der Waals surface area contributed by atoms with Crippen LogP contribution in [-0.4, -0.2) is 48.6 Å². The van der Waals surface area contributed by atoms with Crippen LogP contribution in [0.3, 0.4) is 0 Å². The molecule has 0 fully saturated rings. The first-order valence-corrected chi connectivity index (χ1v) is 9.25. The van der Waals surface area contributed by atoms with Crippen LogP contribution >= 0.6 is 11.3 Å². The van der Waals surface area contributed by atoms with Gasteiger partial charge in [0.05, 0.1) is 6.61 Å². The van der Waals surface area contributed by atoms with Crippen molar-refractivity contribution in [3.05, 3.63) is 35.3 Å². The van der Waals surface area contributed by atoms with E-state index in [1.807, 2.05) is 31.2 Å². The molecule has 1 N–H and O–H groups in total. The number of ether oxygens (including phenoxy) is 1. The SMILES string of the molecule is CCOc1ccc(-c2nc(C(=O)NCCN(CC)CC)cs2)cc1. The van der Waals surface area contributed by atoms with Gasteiger partial charge in [0.1, 0.15) is 16.5 Å². The number of nitrogens with zero attached hydrogens (tertiary/aromatic N) is 2. The Morgan fingerprint density at radius 1 is 1.21 bits per heavy atom. The van der Waals surface area contributed by atoms with Crippen molar-refractivity contribution in [2.24, 2.45) is 0 Å². The second-order valence-electron chi connectivity index (χ2n) is 5.28. The van der Waals surface area contributed by atoms with E-state index >= 15 is 0 Å². The van der Waals surface area contributed by atoms with Crippen molar-refractivity contribution in [3.8, 4) is 16.3 Å². The van der Waals surface area contributed by atoms with Gasteiger partial charge in [-0.25, -0.2) is 4.98 Å². The summed E-state index contributed by atoms with van der Waals surface area (Å²) in [7, 11) is 0. The number of carbonyl (C=O) groups excluding carboxylic acids is 1. The van der Waals surface area contributed by atoms with E-state index in [1.54, 1.807) is 5.38 Å². The molecule has 1 heterocycles. The highest BCUT2D eigenvalue weighted by Crippen LogP contribution is 2.25. The summed E-state index contributed by atoms with van der Waals surface area (Å²) in [5.74, 6) is 0.725. The maximum Gasteiger partial charge on any atom is 0.270 e. The molecule has 2 aromatic rings. The van der Waals surface area contributed by atoms with Crippen molar-refractivity contribution in [2.75, 3.05) is 32.8 Å². The topological polar surface area (TPSA) is 54.5 Å². The molecule has 0 aliphatic rings. The molecule has 0 aliphatic carbocycles. The van der Waals surface area contributed by atoms with Crippen LogP contribution in [0.15, 0.2) is 29.6 Å². The summed E-state index contributed by atoms with van der Waals surface area (Å²) in [5, 5.41) is 5.58. The van der Waals surface area contributed by atoms with Crippen LogP contribution in [-0.2, 0) is 0 Å². The van der Waals surface area contributed by atoms with Crippen molar-refractivity contribution in [1.29, 1.82) is 0 Å². The molecule has 1 amide bonds. The van der Waals surface area contributed by atoms with Crippen molar-refractivity contribution < 1.29 is 9.53 Å². The number of thiazole rings is 1. The molecule has 0 saturated carbocycles. The Kier molecular flexibility index (Phi) is 7.21. The van der Waals surface area contributed by atoms with E-state index in [1.165, 1.54) is 11.3 Å². The second kappa shape index (κ2) is 9.39. The van der Waals surface area contributed by atoms with Crippen LogP contribution in [0, 0.1) is 0 Å². The summed E-state index contributed by atoms with van der Waals surface area (Å²) in [4.78, 5) is 18.9. The van der Waals surface area contributed by atoms with Crippen LogP contribution in [0.1, 0.15) is 31.3 Å². The molecular weight excluding hydrogens is 322 g/mol. The van der Waals surface area contributed by atoms with Crippen LogP contribution in [0.4, 0.5) is 0 Å². The average Bonchev–Trinajstić information content (AvgIpc) is 3.10. The summed E-state index contributed by atoms with van der Waals surface area (Å²) in [5.41, 5.74) is 1.47. The average molecular weight is 347 g/mol. The molecule has 0 bridgehead atoms. The van der Waals surface area contributed by atoms with Crippen molar-refractivity contribution >= 4 is 17.2 Å². The lowest BCUT2D eigenvalue weighted by Gasteiger charge is -2.17. The highest BCUT2D eigenvalue weighted by Gasteiger charge is 2.12. The third-order valence-corrected chi connectivity index (χ3v) is 4.65. The maximum atomic E-state index is 12.2. The molecular formula is C18H25N3O2S. The first-order valence-electron chi connectivity index (χ1n) is 8.37. The number of hydrogen-bond donors (Lipinski definition) is 1. The fourth-order valence-corrected chi connectivity index (χ4v) is 3.14. The van der Waals surface area contributed by atoms with Gasteiger partial charge < -0.3 is 15.0 Å². The molecule has 2 rings (SSSR count). The number of rotatable bonds is 9. The van der Waals surface area contributed by atoms with E-state index in [0.29, 0.717) is 18.8 Å². The largest absolute Gasteiger partial charge is 0.494 e. The van der Waals surface area contributed by atoms with Crippen molar-refractivity contribution in [2.45, 2.75) is 20.8 Å². The Morgan fingerprint density at radius 3 is 2.54 bits per heavy atom. The molecule has 1 aromatic heterocycles. The van der Waals surface area contributed by atoms with Gasteiger partial charge in [-0.2, -0.15) is 0 Å². The lowest BCUT2D eigenvalue weighted by atomic mass is 10.2. The molecule has 0 radical (unpaired) electrons. The van der Waals surface area contributed by atoms with E-state index in [9.17, 15) is 4.79 Å². The van der Waals surface area contributed by atoms with E-state index in [0.717, 1.165) is 36.0 Å². The van der Waals surface area contributed by atoms with Gasteiger partial charge >= 0.3 is 0 Å². The zero-order chi connectivity index (χ0) is 17.4. The van der Waals surface area contributed by atoms with Crippen LogP contribution in [0.2, 0.25) is 0 Å². The van der Waals surface area contributed by atoms with Gasteiger partial charge in [0, 0.05) is 24.0 Å². The second-order valence-corrected chi connectivity index (χ2v) is 6.14. The van der Waals surface area contributed by atoms with Crippen LogP contribution in [0.5, 0.6) is 5.75 Å². The first kappa shape index (κ1) is 18.4. The monoisotopic (exact) mass is 347 g/mol. The highest BCUT2D eigenvalue weighted by molar-refractivity contribution is 7.13. The summed E-state index contributed by atoms with van der Waals surface area (Å²) in [6, 6.07) is 7.77. The summed E-state index contributed by atoms with van der Waals surface area (Å²) in [6.45, 7) is 10.3. The van der Waals surface area contributed by atoms with E-state index in [-0.39, 0.29) is 5.91 Å². The summed E-state index contributed by atoms with van der Waals surface area (Å²) < 4.78 is 5.44. The Bertz CT molecular complexity index is 636. The molecule has 0 unspecified atom stereocenters. The maximum absolute atomic E-state index is 12.2. The first-order chi connectivity index (χ1) is 11.7. The number of aromatic nitrogens is 1. The molecule has 0 aliphatic heterocycles. The lowest BCUT2D eigenvalue weighted by Crippen LogP contribution is -2.34. The van der Waals surface area contributed by atoms with E-state index < -0.39 is 0 Å². The van der Waals surface area contributed by atoms with Crippen LogP contribution < -0.4 is 10.1 Å². The molecule has 130 valence electrons. The fourth-order valence-electron chi connectivity index (χ4n) is 2.33. The number of likely N-dealkylation sites (N-methyl/N-ethyl adjacent to an activating group) is 1. The zero-order valence-corrected chi connectivity index (χ0v) is 15.4. The van der Waals surface area contributed by atoms with Gasteiger partial charge in [-0.05, 0) is 44.3 Å². The van der Waals surface area contributed by atoms with Gasteiger partial charge in [0.25, 0.3) is 5.91 Å². The number of amides is 1. The minimum absolute atomic E-state index is 0.115. The third kappa shape index (κ3) is 5.04. The molecule has 0 saturated heterocycles. The van der Waals surface area contributed by atoms with Gasteiger partial charge in [0.15, 0.2) is 0 Å². The number of nitrogens with one attached hydrogen (secondary N) is 1. The summed E-state index contributed by atoms with van der Waals surface area (Å²) in [6.07, 6.45) is 0. The molecule has 1 aromatic carbocycles. The fraction of sp³-hybridized carbons (Fsp3) is 0.444. The van der Waals surface area contributed by atoms with Gasteiger partial charge in [-0.1, -0.05) is 13.8 Å². The minimum Gasteiger partial charge on any atom is -0.494 e. The molecule has 0 atom stereocenters. The van der Waals surface area contributed by atoms with E-state index in [2.05, 4.69) is 29.0 Å². The smallest absolute Gasteiger partial charge is 0.270 e. The van der Waals surface area contributed by atoms with Gasteiger partial charge in [0.2, 0.25) is 0 Å². The lowest BCUT2D eigenvalue weighted by molar-refractivity contribution is 0.0944. The molecule has 6 heteroatoms. The zero-order valence-electron chi connectivity index (χ0n) is 14.5. The third-order valence-electron chi connectivity index (χ3n) is 3.76. The predicted molar refractivity (Wildman–Crippen MR) is 98.8 cm³/mol. The van der Waals surface area contributed by atoms with Gasteiger partial charge in [-0.3, -0.25) is 4.79 Å². The predicted octanol–water partition coefficient (Wildman–Crippen LogP) is 3.28. The Labute approximate surface area is 147 Å². The Morgan fingerprint density at radius 2 is 1.92 bits per heavy atom. The quantitative estimate of drug-likeness (QED) is 0.756. The van der Waals surface area contributed by atoms with Crippen molar-refractivity contribution in [3.63, 3.8) is 0 Å².